The van der Waals surface area contributed by atoms with E-state index in [1.54, 1.807) is 19.9 Å². The second-order valence-electron chi connectivity index (χ2n) is 4.67. The molecular weight excluding hydrogens is 306 g/mol. The lowest BCUT2D eigenvalue weighted by Gasteiger charge is -2.14. The van der Waals surface area contributed by atoms with Gasteiger partial charge >= 0.3 is 5.69 Å². The maximum Gasteiger partial charge on any atom is 0.315 e. The van der Waals surface area contributed by atoms with Crippen molar-refractivity contribution in [3.05, 3.63) is 27.8 Å². The molecule has 122 valence electrons. The van der Waals surface area contributed by atoms with Gasteiger partial charge in [-0.05, 0) is 30.3 Å². The number of nitrogens with two attached hydrogens (primary N) is 1. The predicted molar refractivity (Wildman–Crippen MR) is 80.6 cm³/mol. The maximum absolute atomic E-state index is 11.3. The molecular formula is C12H15N7O4. The summed E-state index contributed by atoms with van der Waals surface area (Å²) in [6, 6.07) is 2.86. The number of aromatic nitrogens is 4. The molecule has 0 saturated carbocycles. The lowest BCUT2D eigenvalue weighted by molar-refractivity contribution is -0.386. The van der Waals surface area contributed by atoms with Crippen molar-refractivity contribution in [2.75, 3.05) is 12.8 Å². The van der Waals surface area contributed by atoms with E-state index in [0.29, 0.717) is 5.56 Å². The van der Waals surface area contributed by atoms with E-state index in [1.165, 1.54) is 19.4 Å². The molecule has 0 saturated heterocycles. The highest BCUT2D eigenvalue weighted by molar-refractivity contribution is 5.83. The van der Waals surface area contributed by atoms with Crippen molar-refractivity contribution in [3.8, 4) is 11.5 Å². The number of benzene rings is 1. The Kier molecular flexibility index (Phi) is 4.69. The number of nitrogens with zero attached hydrogens (tertiary/aromatic N) is 6. The molecule has 0 radical (unpaired) electrons. The summed E-state index contributed by atoms with van der Waals surface area (Å²) >= 11 is 0. The quantitative estimate of drug-likeness (QED) is 0.468. The Labute approximate surface area is 130 Å². The average Bonchev–Trinajstić information content (AvgIpc) is 2.90. The Morgan fingerprint density at radius 3 is 2.74 bits per heavy atom. The third kappa shape index (κ3) is 3.70. The van der Waals surface area contributed by atoms with Crippen molar-refractivity contribution >= 4 is 17.9 Å². The number of anilines is 1. The van der Waals surface area contributed by atoms with Gasteiger partial charge in [0.05, 0.1) is 24.4 Å². The minimum Gasteiger partial charge on any atom is -0.493 e. The van der Waals surface area contributed by atoms with Crippen LogP contribution in [0.1, 0.15) is 19.4 Å². The fraction of sp³-hybridized carbons (Fsp3) is 0.333. The van der Waals surface area contributed by atoms with Gasteiger partial charge in [-0.15, -0.1) is 0 Å². The molecule has 2 rings (SSSR count). The molecule has 2 N–H and O–H groups in total. The molecule has 0 fully saturated rings. The van der Waals surface area contributed by atoms with Crippen LogP contribution < -0.4 is 15.2 Å². The Morgan fingerprint density at radius 1 is 1.48 bits per heavy atom. The number of nitrogen functional groups attached to an aromatic ring is 1. The van der Waals surface area contributed by atoms with Gasteiger partial charge in [0.25, 0.3) is 5.95 Å². The molecule has 0 spiro atoms. The van der Waals surface area contributed by atoms with Gasteiger partial charge in [0.1, 0.15) is 0 Å². The molecule has 0 bridgehead atoms. The first-order valence-electron chi connectivity index (χ1n) is 6.53. The van der Waals surface area contributed by atoms with Gasteiger partial charge in [-0.1, -0.05) is 9.89 Å². The van der Waals surface area contributed by atoms with Gasteiger partial charge in [0.15, 0.2) is 5.75 Å². The average molecular weight is 321 g/mol. The SMILES string of the molecule is COc1cc(/C=N\n2nnnc2N)cc([N+](=O)[O-])c1OC(C)C. The molecule has 2 aromatic rings. The van der Waals surface area contributed by atoms with Crippen molar-refractivity contribution in [2.24, 2.45) is 5.10 Å². The molecule has 11 heteroatoms. The molecule has 23 heavy (non-hydrogen) atoms. The monoisotopic (exact) mass is 321 g/mol. The van der Waals surface area contributed by atoms with Crippen LogP contribution in [0.4, 0.5) is 11.6 Å². The van der Waals surface area contributed by atoms with E-state index >= 15 is 0 Å². The van der Waals surface area contributed by atoms with E-state index in [9.17, 15) is 10.1 Å². The van der Waals surface area contributed by atoms with E-state index in [2.05, 4.69) is 20.6 Å². The summed E-state index contributed by atoms with van der Waals surface area (Å²) in [5, 5.41) is 25.5. The number of nitro groups is 1. The molecule has 1 aromatic heterocycles. The summed E-state index contributed by atoms with van der Waals surface area (Å²) in [5.74, 6) is 0.271. The first-order valence-corrected chi connectivity index (χ1v) is 6.53. The fourth-order valence-electron chi connectivity index (χ4n) is 1.72. The van der Waals surface area contributed by atoms with Crippen LogP contribution in [0.15, 0.2) is 17.2 Å². The largest absolute Gasteiger partial charge is 0.493 e. The summed E-state index contributed by atoms with van der Waals surface area (Å²) in [7, 11) is 1.40. The Morgan fingerprint density at radius 2 is 2.22 bits per heavy atom. The first kappa shape index (κ1) is 16.1. The van der Waals surface area contributed by atoms with Crippen molar-refractivity contribution in [2.45, 2.75) is 20.0 Å². The van der Waals surface area contributed by atoms with E-state index in [4.69, 9.17) is 15.2 Å². The van der Waals surface area contributed by atoms with E-state index in [0.717, 1.165) is 4.79 Å². The van der Waals surface area contributed by atoms with Gasteiger partial charge in [0, 0.05) is 11.6 Å². The fourth-order valence-corrected chi connectivity index (χ4v) is 1.72. The zero-order valence-electron chi connectivity index (χ0n) is 12.7. The summed E-state index contributed by atoms with van der Waals surface area (Å²) in [4.78, 5) is 11.7. The predicted octanol–water partition coefficient (Wildman–Crippen LogP) is 0.841. The Bertz CT molecular complexity index is 741. The molecule has 0 aliphatic heterocycles. The maximum atomic E-state index is 11.3. The van der Waals surface area contributed by atoms with Crippen LogP contribution in [0, 0.1) is 10.1 Å². The van der Waals surface area contributed by atoms with Crippen LogP contribution in [-0.2, 0) is 0 Å². The third-order valence-electron chi connectivity index (χ3n) is 2.62. The van der Waals surface area contributed by atoms with Crippen molar-refractivity contribution in [1.29, 1.82) is 0 Å². The van der Waals surface area contributed by atoms with E-state index in [1.807, 2.05) is 0 Å². The minimum atomic E-state index is -0.553. The summed E-state index contributed by atoms with van der Waals surface area (Å²) in [6.07, 6.45) is 1.07. The van der Waals surface area contributed by atoms with Crippen molar-refractivity contribution < 1.29 is 14.4 Å². The minimum absolute atomic E-state index is 0.0116. The normalized spacial score (nSPS) is 11.1. The summed E-state index contributed by atoms with van der Waals surface area (Å²) in [5.41, 5.74) is 5.65. The molecule has 11 nitrogen and oxygen atoms in total. The highest BCUT2D eigenvalue weighted by Crippen LogP contribution is 2.38. The van der Waals surface area contributed by atoms with Crippen LogP contribution in [0.25, 0.3) is 0 Å². The molecule has 0 unspecified atom stereocenters. The zero-order chi connectivity index (χ0) is 17.0. The van der Waals surface area contributed by atoms with Gasteiger partial charge in [0.2, 0.25) is 5.75 Å². The van der Waals surface area contributed by atoms with Crippen LogP contribution >= 0.6 is 0 Å². The van der Waals surface area contributed by atoms with Crippen LogP contribution in [0.2, 0.25) is 0 Å². The second-order valence-corrected chi connectivity index (χ2v) is 4.67. The lowest BCUT2D eigenvalue weighted by atomic mass is 10.2. The molecule has 0 aliphatic rings. The van der Waals surface area contributed by atoms with Crippen LogP contribution in [-0.4, -0.2) is 44.7 Å². The number of nitro benzene ring substituents is 1. The van der Waals surface area contributed by atoms with Crippen molar-refractivity contribution in [3.63, 3.8) is 0 Å². The van der Waals surface area contributed by atoms with E-state index in [-0.39, 0.29) is 29.2 Å². The Hall–Kier alpha value is -3.24. The number of hydrogen-bond donors (Lipinski definition) is 1. The number of rotatable bonds is 6. The summed E-state index contributed by atoms with van der Waals surface area (Å²) < 4.78 is 10.7. The van der Waals surface area contributed by atoms with Crippen LogP contribution in [0.3, 0.4) is 0 Å². The van der Waals surface area contributed by atoms with Gasteiger partial charge < -0.3 is 15.2 Å². The first-order chi connectivity index (χ1) is 10.9. The second kappa shape index (κ2) is 6.68. The van der Waals surface area contributed by atoms with Crippen molar-refractivity contribution in [1.82, 2.24) is 20.3 Å². The molecule has 0 atom stereocenters. The molecule has 0 aliphatic carbocycles. The van der Waals surface area contributed by atoms with Gasteiger partial charge in [-0.2, -0.15) is 5.10 Å². The lowest BCUT2D eigenvalue weighted by Crippen LogP contribution is -2.09. The topological polar surface area (TPSA) is 144 Å². The standard InChI is InChI=1S/C12H15N7O4/c1-7(2)23-11-9(19(20)21)4-8(5-10(11)22-3)6-14-18-12(13)15-16-17-18/h4-7H,1-3H3,(H2,13,15,17)/b14-6-. The number of tetrazole rings is 1. The Balaban J connectivity index is 2.46. The number of ether oxygens (including phenoxy) is 2. The zero-order valence-corrected chi connectivity index (χ0v) is 12.7. The van der Waals surface area contributed by atoms with Crippen LogP contribution in [0.5, 0.6) is 11.5 Å². The van der Waals surface area contributed by atoms with Gasteiger partial charge in [-0.3, -0.25) is 10.1 Å². The molecule has 1 aromatic carbocycles. The van der Waals surface area contributed by atoms with Gasteiger partial charge in [-0.25, -0.2) is 0 Å². The highest BCUT2D eigenvalue weighted by atomic mass is 16.6. The van der Waals surface area contributed by atoms with E-state index < -0.39 is 4.92 Å². The third-order valence-corrected chi connectivity index (χ3v) is 2.62. The molecule has 0 amide bonds. The smallest absolute Gasteiger partial charge is 0.315 e. The molecule has 1 heterocycles. The highest BCUT2D eigenvalue weighted by Gasteiger charge is 2.23. The number of hydrogen-bond acceptors (Lipinski definition) is 9. The number of methoxy groups -OCH3 is 1. The summed E-state index contributed by atoms with van der Waals surface area (Å²) in [6.45, 7) is 3.53.